The van der Waals surface area contributed by atoms with E-state index in [1.165, 1.54) is 0 Å². The third kappa shape index (κ3) is 2.36. The number of hydrogen-bond donors (Lipinski definition) is 2. The molecule has 0 atom stereocenters. The van der Waals surface area contributed by atoms with Gasteiger partial charge in [0.25, 0.3) is 5.91 Å². The van der Waals surface area contributed by atoms with Crippen LogP contribution in [-0.4, -0.2) is 22.4 Å². The van der Waals surface area contributed by atoms with Crippen molar-refractivity contribution < 1.29 is 9.42 Å². The number of nitrogens with one attached hydrogen (secondary N) is 1. The molecule has 2 aromatic heterocycles. The van der Waals surface area contributed by atoms with E-state index in [0.717, 1.165) is 15.0 Å². The Kier molecular flexibility index (Phi) is 3.13. The summed E-state index contributed by atoms with van der Waals surface area (Å²) in [6, 6.07) is 9.98. The molecule has 0 bridgehead atoms. The van der Waals surface area contributed by atoms with Crippen molar-refractivity contribution in [3.8, 4) is 0 Å². The Morgan fingerprint density at radius 2 is 2.25 bits per heavy atom. The normalized spacial score (nSPS) is 11.2. The summed E-state index contributed by atoms with van der Waals surface area (Å²) in [5.41, 5.74) is 7.63. The van der Waals surface area contributed by atoms with Crippen molar-refractivity contribution in [2.45, 2.75) is 0 Å². The maximum atomic E-state index is 11.6. The summed E-state index contributed by atoms with van der Waals surface area (Å²) < 4.78 is 5.49. The van der Waals surface area contributed by atoms with Gasteiger partial charge in [0.15, 0.2) is 0 Å². The van der Waals surface area contributed by atoms with E-state index in [1.54, 1.807) is 17.6 Å². The van der Waals surface area contributed by atoms with Crippen LogP contribution in [0.1, 0.15) is 15.4 Å². The first-order valence-corrected chi connectivity index (χ1v) is 6.46. The fraction of sp³-hybridized carbons (Fsp3) is 0. The fourth-order valence-electron chi connectivity index (χ4n) is 1.63. The molecule has 0 aliphatic carbocycles. The molecule has 0 aliphatic rings. The van der Waals surface area contributed by atoms with Crippen LogP contribution in [0.3, 0.4) is 0 Å². The lowest BCUT2D eigenvalue weighted by Gasteiger charge is -1.93. The van der Waals surface area contributed by atoms with Gasteiger partial charge in [0.1, 0.15) is 0 Å². The molecule has 1 amide bonds. The Morgan fingerprint density at radius 3 is 3.00 bits per heavy atom. The smallest absolute Gasteiger partial charge is 0.297 e. The Balaban J connectivity index is 1.71. The lowest BCUT2D eigenvalue weighted by atomic mass is 10.2. The molecule has 3 aromatic rings. The number of thiophene rings is 1. The highest BCUT2D eigenvalue weighted by molar-refractivity contribution is 7.20. The van der Waals surface area contributed by atoms with E-state index in [1.807, 2.05) is 30.3 Å². The maximum Gasteiger partial charge on any atom is 0.297 e. The van der Waals surface area contributed by atoms with Crippen LogP contribution in [0, 0.1) is 0 Å². The third-order valence-electron chi connectivity index (χ3n) is 2.53. The molecule has 8 heteroatoms. The molecular formula is C12H9N5O2S. The SMILES string of the molecule is Nc1nonc1C(=O)N/N=C\c1cc2ccccc2s1. The van der Waals surface area contributed by atoms with Gasteiger partial charge in [0.2, 0.25) is 11.5 Å². The first-order chi connectivity index (χ1) is 9.74. The topological polar surface area (TPSA) is 106 Å². The molecule has 3 rings (SSSR count). The van der Waals surface area contributed by atoms with Crippen LogP contribution in [0.25, 0.3) is 10.1 Å². The molecule has 0 fully saturated rings. The standard InChI is InChI=1S/C12H9N5O2S/c13-11-10(16-19-17-11)12(18)15-14-6-8-5-7-3-1-2-4-9(7)20-8/h1-6H,(H2,13,17)(H,15,18)/b14-6-. The van der Waals surface area contributed by atoms with E-state index in [4.69, 9.17) is 5.73 Å². The number of nitrogen functional groups attached to an aromatic ring is 1. The number of nitrogens with zero attached hydrogens (tertiary/aromatic N) is 3. The van der Waals surface area contributed by atoms with Gasteiger partial charge in [-0.25, -0.2) is 10.1 Å². The van der Waals surface area contributed by atoms with Crippen molar-refractivity contribution in [3.63, 3.8) is 0 Å². The van der Waals surface area contributed by atoms with Crippen molar-refractivity contribution in [2.24, 2.45) is 5.10 Å². The summed E-state index contributed by atoms with van der Waals surface area (Å²) >= 11 is 1.58. The number of carbonyl (C=O) groups is 1. The summed E-state index contributed by atoms with van der Waals surface area (Å²) in [4.78, 5) is 12.6. The average molecular weight is 287 g/mol. The van der Waals surface area contributed by atoms with E-state index >= 15 is 0 Å². The van der Waals surface area contributed by atoms with Gasteiger partial charge in [-0.2, -0.15) is 5.10 Å². The second kappa shape index (κ2) is 5.10. The van der Waals surface area contributed by atoms with Crippen molar-refractivity contribution >= 4 is 39.4 Å². The molecule has 20 heavy (non-hydrogen) atoms. The number of benzene rings is 1. The summed E-state index contributed by atoms with van der Waals surface area (Å²) in [6.07, 6.45) is 1.56. The van der Waals surface area contributed by atoms with E-state index in [2.05, 4.69) is 25.5 Å². The first kappa shape index (κ1) is 12.3. The summed E-state index contributed by atoms with van der Waals surface area (Å²) in [5, 5.41) is 11.7. The highest BCUT2D eigenvalue weighted by Crippen LogP contribution is 2.23. The third-order valence-corrected chi connectivity index (χ3v) is 3.58. The number of hydrogen-bond acceptors (Lipinski definition) is 7. The average Bonchev–Trinajstić information content (AvgIpc) is 3.04. The molecule has 0 saturated heterocycles. The molecule has 0 aliphatic heterocycles. The number of nitrogens with two attached hydrogens (primary N) is 1. The fourth-order valence-corrected chi connectivity index (χ4v) is 2.56. The summed E-state index contributed by atoms with van der Waals surface area (Å²) in [5.74, 6) is -0.638. The van der Waals surface area contributed by atoms with E-state index in [-0.39, 0.29) is 11.5 Å². The lowest BCUT2D eigenvalue weighted by molar-refractivity contribution is 0.0946. The van der Waals surface area contributed by atoms with Gasteiger partial charge in [-0.15, -0.1) is 11.3 Å². The second-order valence-corrected chi connectivity index (χ2v) is 5.00. The van der Waals surface area contributed by atoms with Gasteiger partial charge in [0, 0.05) is 9.58 Å². The van der Waals surface area contributed by atoms with Crippen LogP contribution in [0.5, 0.6) is 0 Å². The number of anilines is 1. The van der Waals surface area contributed by atoms with Crippen LogP contribution in [0.4, 0.5) is 5.82 Å². The van der Waals surface area contributed by atoms with Crippen LogP contribution in [0.15, 0.2) is 40.1 Å². The van der Waals surface area contributed by atoms with Crippen molar-refractivity contribution in [1.29, 1.82) is 0 Å². The van der Waals surface area contributed by atoms with Crippen LogP contribution >= 0.6 is 11.3 Å². The Bertz CT molecular complexity index is 759. The number of amides is 1. The minimum atomic E-state index is -0.568. The van der Waals surface area contributed by atoms with E-state index in [9.17, 15) is 4.79 Å². The molecule has 1 aromatic carbocycles. The van der Waals surface area contributed by atoms with Crippen molar-refractivity contribution in [1.82, 2.24) is 15.7 Å². The van der Waals surface area contributed by atoms with Gasteiger partial charge in [0.05, 0.1) is 6.21 Å². The van der Waals surface area contributed by atoms with Gasteiger partial charge >= 0.3 is 0 Å². The first-order valence-electron chi connectivity index (χ1n) is 5.64. The van der Waals surface area contributed by atoms with Crippen molar-refractivity contribution in [3.05, 3.63) is 40.9 Å². The largest absolute Gasteiger partial charge is 0.379 e. The zero-order chi connectivity index (χ0) is 13.9. The monoisotopic (exact) mass is 287 g/mol. The number of hydrazone groups is 1. The Labute approximate surface area is 117 Å². The second-order valence-electron chi connectivity index (χ2n) is 3.88. The molecular weight excluding hydrogens is 278 g/mol. The highest BCUT2D eigenvalue weighted by atomic mass is 32.1. The van der Waals surface area contributed by atoms with Crippen LogP contribution in [-0.2, 0) is 0 Å². The minimum Gasteiger partial charge on any atom is -0.379 e. The molecule has 0 unspecified atom stereocenters. The highest BCUT2D eigenvalue weighted by Gasteiger charge is 2.14. The molecule has 3 N–H and O–H groups in total. The number of fused-ring (bicyclic) bond motifs is 1. The number of carbonyl (C=O) groups excluding carboxylic acids is 1. The predicted molar refractivity (Wildman–Crippen MR) is 75.6 cm³/mol. The van der Waals surface area contributed by atoms with Gasteiger partial charge in [-0.05, 0) is 27.8 Å². The lowest BCUT2D eigenvalue weighted by Crippen LogP contribution is -2.19. The molecule has 7 nitrogen and oxygen atoms in total. The van der Waals surface area contributed by atoms with Gasteiger partial charge < -0.3 is 5.73 Å². The van der Waals surface area contributed by atoms with Gasteiger partial charge in [-0.3, -0.25) is 4.79 Å². The number of aromatic nitrogens is 2. The van der Waals surface area contributed by atoms with Gasteiger partial charge in [-0.1, -0.05) is 18.2 Å². The molecule has 100 valence electrons. The van der Waals surface area contributed by atoms with Crippen LogP contribution < -0.4 is 11.2 Å². The number of rotatable bonds is 3. The molecule has 0 radical (unpaired) electrons. The molecule has 0 spiro atoms. The van der Waals surface area contributed by atoms with E-state index < -0.39 is 5.91 Å². The predicted octanol–water partition coefficient (Wildman–Crippen LogP) is 1.63. The Hall–Kier alpha value is -2.74. The van der Waals surface area contributed by atoms with Crippen LogP contribution in [0.2, 0.25) is 0 Å². The quantitative estimate of drug-likeness (QED) is 0.562. The minimum absolute atomic E-state index is 0.0698. The Morgan fingerprint density at radius 1 is 1.40 bits per heavy atom. The van der Waals surface area contributed by atoms with E-state index in [0.29, 0.717) is 0 Å². The maximum absolute atomic E-state index is 11.6. The molecule has 2 heterocycles. The summed E-state index contributed by atoms with van der Waals surface area (Å²) in [6.45, 7) is 0. The zero-order valence-electron chi connectivity index (χ0n) is 10.1. The molecule has 0 saturated carbocycles. The summed E-state index contributed by atoms with van der Waals surface area (Å²) in [7, 11) is 0. The zero-order valence-corrected chi connectivity index (χ0v) is 10.9. The van der Waals surface area contributed by atoms with Crippen molar-refractivity contribution in [2.75, 3.05) is 5.73 Å².